The van der Waals surface area contributed by atoms with E-state index in [4.69, 9.17) is 0 Å². The van der Waals surface area contributed by atoms with Crippen molar-refractivity contribution >= 4 is 17.8 Å². The fraction of sp³-hybridized carbons (Fsp3) is 0.500. The van der Waals surface area contributed by atoms with Gasteiger partial charge in [-0.1, -0.05) is 29.8 Å². The quantitative estimate of drug-likeness (QED) is 0.916. The average Bonchev–Trinajstić information content (AvgIpc) is 2.58. The van der Waals surface area contributed by atoms with Crippen LogP contribution in [-0.4, -0.2) is 53.8 Å². The number of urea groups is 1. The number of nitrogens with one attached hydrogen (secondary N) is 1. The number of hydrogen-bond acceptors (Lipinski definition) is 3. The SMILES string of the molecule is Cc1cccc(C2CCCN(C(=O)CN3C(=O)CCNC3=O)C2)c1. The molecule has 0 saturated carbocycles. The lowest BCUT2D eigenvalue weighted by molar-refractivity contribution is -0.139. The number of amides is 4. The van der Waals surface area contributed by atoms with Gasteiger partial charge in [-0.15, -0.1) is 0 Å². The lowest BCUT2D eigenvalue weighted by atomic mass is 9.90. The van der Waals surface area contributed by atoms with E-state index in [-0.39, 0.29) is 24.8 Å². The first-order valence-electron chi connectivity index (χ1n) is 8.47. The maximum Gasteiger partial charge on any atom is 0.324 e. The summed E-state index contributed by atoms with van der Waals surface area (Å²) in [6.45, 7) is 3.58. The van der Waals surface area contributed by atoms with Crippen molar-refractivity contribution in [2.24, 2.45) is 0 Å². The second kappa shape index (κ2) is 7.03. The van der Waals surface area contributed by atoms with Crippen LogP contribution >= 0.6 is 0 Å². The maximum atomic E-state index is 12.6. The van der Waals surface area contributed by atoms with E-state index in [0.29, 0.717) is 25.6 Å². The number of imide groups is 1. The molecule has 6 heteroatoms. The summed E-state index contributed by atoms with van der Waals surface area (Å²) in [4.78, 5) is 39.0. The predicted octanol–water partition coefficient (Wildman–Crippen LogP) is 1.64. The van der Waals surface area contributed by atoms with Crippen molar-refractivity contribution in [1.29, 1.82) is 0 Å². The van der Waals surface area contributed by atoms with Crippen LogP contribution in [0.15, 0.2) is 24.3 Å². The second-order valence-electron chi connectivity index (χ2n) is 6.55. The molecule has 0 spiro atoms. The molecule has 0 aromatic heterocycles. The normalized spacial score (nSPS) is 21.6. The van der Waals surface area contributed by atoms with Gasteiger partial charge in [0.1, 0.15) is 6.54 Å². The zero-order valence-electron chi connectivity index (χ0n) is 14.0. The molecule has 2 saturated heterocycles. The number of carbonyl (C=O) groups is 3. The number of carbonyl (C=O) groups excluding carboxylic acids is 3. The molecule has 1 unspecified atom stereocenters. The minimum absolute atomic E-state index is 0.155. The Hall–Kier alpha value is -2.37. The third kappa shape index (κ3) is 3.58. The molecule has 2 heterocycles. The maximum absolute atomic E-state index is 12.6. The molecule has 6 nitrogen and oxygen atoms in total. The molecule has 0 bridgehead atoms. The van der Waals surface area contributed by atoms with Gasteiger partial charge in [-0.25, -0.2) is 4.79 Å². The highest BCUT2D eigenvalue weighted by molar-refractivity contribution is 6.00. The Bertz CT molecular complexity index is 643. The van der Waals surface area contributed by atoms with Gasteiger partial charge in [-0.05, 0) is 25.3 Å². The van der Waals surface area contributed by atoms with Crippen molar-refractivity contribution in [3.8, 4) is 0 Å². The van der Waals surface area contributed by atoms with Gasteiger partial charge >= 0.3 is 6.03 Å². The summed E-state index contributed by atoms with van der Waals surface area (Å²) in [5, 5.41) is 2.61. The molecule has 2 aliphatic rings. The first-order valence-corrected chi connectivity index (χ1v) is 8.47. The van der Waals surface area contributed by atoms with Gasteiger partial charge in [-0.3, -0.25) is 14.5 Å². The van der Waals surface area contributed by atoms with E-state index in [1.807, 2.05) is 6.07 Å². The van der Waals surface area contributed by atoms with E-state index >= 15 is 0 Å². The van der Waals surface area contributed by atoms with E-state index in [1.165, 1.54) is 11.1 Å². The molecule has 4 amide bonds. The van der Waals surface area contributed by atoms with Crippen molar-refractivity contribution in [3.63, 3.8) is 0 Å². The fourth-order valence-electron chi connectivity index (χ4n) is 3.42. The van der Waals surface area contributed by atoms with Gasteiger partial charge < -0.3 is 10.2 Å². The fourth-order valence-corrected chi connectivity index (χ4v) is 3.42. The molecule has 1 atom stereocenters. The topological polar surface area (TPSA) is 69.7 Å². The minimum Gasteiger partial charge on any atom is -0.341 e. The van der Waals surface area contributed by atoms with Gasteiger partial charge in [0, 0.05) is 32.0 Å². The van der Waals surface area contributed by atoms with Crippen LogP contribution in [0.2, 0.25) is 0 Å². The molecule has 2 fully saturated rings. The molecule has 128 valence electrons. The average molecular weight is 329 g/mol. The van der Waals surface area contributed by atoms with Crippen LogP contribution in [0, 0.1) is 6.92 Å². The van der Waals surface area contributed by atoms with Crippen LogP contribution in [0.1, 0.15) is 36.3 Å². The van der Waals surface area contributed by atoms with Crippen molar-refractivity contribution < 1.29 is 14.4 Å². The lowest BCUT2D eigenvalue weighted by Crippen LogP contribution is -2.54. The highest BCUT2D eigenvalue weighted by atomic mass is 16.2. The molecule has 24 heavy (non-hydrogen) atoms. The summed E-state index contributed by atoms with van der Waals surface area (Å²) < 4.78 is 0. The zero-order valence-corrected chi connectivity index (χ0v) is 14.0. The third-order valence-electron chi connectivity index (χ3n) is 4.74. The van der Waals surface area contributed by atoms with Crippen molar-refractivity contribution in [3.05, 3.63) is 35.4 Å². The van der Waals surface area contributed by atoms with E-state index in [0.717, 1.165) is 17.7 Å². The number of likely N-dealkylation sites (tertiary alicyclic amines) is 1. The Morgan fingerprint density at radius 3 is 2.92 bits per heavy atom. The molecule has 1 N–H and O–H groups in total. The number of aryl methyl sites for hydroxylation is 1. The van der Waals surface area contributed by atoms with Gasteiger partial charge in [0.15, 0.2) is 0 Å². The smallest absolute Gasteiger partial charge is 0.324 e. The lowest BCUT2D eigenvalue weighted by Gasteiger charge is -2.35. The summed E-state index contributed by atoms with van der Waals surface area (Å²) in [7, 11) is 0. The Kier molecular flexibility index (Phi) is 4.83. The second-order valence-corrected chi connectivity index (χ2v) is 6.55. The minimum atomic E-state index is -0.466. The van der Waals surface area contributed by atoms with E-state index in [2.05, 4.69) is 30.4 Å². The number of benzene rings is 1. The first kappa shape index (κ1) is 16.5. The monoisotopic (exact) mass is 329 g/mol. The summed E-state index contributed by atoms with van der Waals surface area (Å²) in [6, 6.07) is 7.91. The number of nitrogens with zero attached hydrogens (tertiary/aromatic N) is 2. The van der Waals surface area contributed by atoms with Gasteiger partial charge in [0.05, 0.1) is 0 Å². The molecule has 0 aliphatic carbocycles. The van der Waals surface area contributed by atoms with Gasteiger partial charge in [-0.2, -0.15) is 0 Å². The van der Waals surface area contributed by atoms with Crippen LogP contribution in [0.5, 0.6) is 0 Å². The van der Waals surface area contributed by atoms with Crippen LogP contribution in [-0.2, 0) is 9.59 Å². The predicted molar refractivity (Wildman–Crippen MR) is 89.5 cm³/mol. The van der Waals surface area contributed by atoms with Crippen molar-refractivity contribution in [2.75, 3.05) is 26.2 Å². The van der Waals surface area contributed by atoms with Crippen molar-refractivity contribution in [1.82, 2.24) is 15.1 Å². The molecule has 1 aromatic rings. The zero-order chi connectivity index (χ0) is 17.1. The molecule has 1 aromatic carbocycles. The standard InChI is InChI=1S/C18H23N3O3/c1-13-4-2-5-14(10-13)15-6-3-9-20(11-15)17(23)12-21-16(22)7-8-19-18(21)24/h2,4-5,10,15H,3,6-9,11-12H2,1H3,(H,19,24). The number of piperidine rings is 1. The summed E-state index contributed by atoms with van der Waals surface area (Å²) in [5.41, 5.74) is 2.46. The molecule has 2 aliphatic heterocycles. The molecule has 3 rings (SSSR count). The Balaban J connectivity index is 1.64. The van der Waals surface area contributed by atoms with Gasteiger partial charge in [0.25, 0.3) is 0 Å². The Morgan fingerprint density at radius 1 is 1.33 bits per heavy atom. The third-order valence-corrected chi connectivity index (χ3v) is 4.74. The summed E-state index contributed by atoms with van der Waals surface area (Å²) in [6.07, 6.45) is 2.24. The van der Waals surface area contributed by atoms with E-state index < -0.39 is 6.03 Å². The number of rotatable bonds is 3. The number of hydrogen-bond donors (Lipinski definition) is 1. The Labute approximate surface area is 141 Å². The van der Waals surface area contributed by atoms with Crippen LogP contribution < -0.4 is 5.32 Å². The van der Waals surface area contributed by atoms with E-state index in [1.54, 1.807) is 4.90 Å². The van der Waals surface area contributed by atoms with Crippen LogP contribution in [0.3, 0.4) is 0 Å². The van der Waals surface area contributed by atoms with E-state index in [9.17, 15) is 14.4 Å². The molecular weight excluding hydrogens is 306 g/mol. The summed E-state index contributed by atoms with van der Waals surface area (Å²) in [5.74, 6) is -0.120. The van der Waals surface area contributed by atoms with Crippen LogP contribution in [0.25, 0.3) is 0 Å². The molecular formula is C18H23N3O3. The highest BCUT2D eigenvalue weighted by Crippen LogP contribution is 2.27. The highest BCUT2D eigenvalue weighted by Gasteiger charge is 2.31. The van der Waals surface area contributed by atoms with Gasteiger partial charge in [0.2, 0.25) is 11.8 Å². The first-order chi connectivity index (χ1) is 11.5. The summed E-state index contributed by atoms with van der Waals surface area (Å²) >= 11 is 0. The Morgan fingerprint density at radius 2 is 2.17 bits per heavy atom. The molecule has 0 radical (unpaired) electrons. The van der Waals surface area contributed by atoms with Crippen LogP contribution in [0.4, 0.5) is 4.79 Å². The van der Waals surface area contributed by atoms with Crippen molar-refractivity contribution in [2.45, 2.75) is 32.1 Å². The largest absolute Gasteiger partial charge is 0.341 e.